The van der Waals surface area contributed by atoms with E-state index >= 15 is 0 Å². The molecule has 1 unspecified atom stereocenters. The average molecular weight is 297 g/mol. The molecule has 0 spiro atoms. The molecule has 0 fully saturated rings. The van der Waals surface area contributed by atoms with E-state index in [4.69, 9.17) is 28.3 Å². The number of hydrogen-bond donors (Lipinski definition) is 1. The maximum atomic E-state index is 13.6. The molecular formula is C11H8Cl2F2O3. The third-order valence-corrected chi connectivity index (χ3v) is 3.00. The number of carbonyl (C=O) groups excluding carboxylic acids is 1. The van der Waals surface area contributed by atoms with Gasteiger partial charge in [-0.1, -0.05) is 30.1 Å². The fourth-order valence-electron chi connectivity index (χ4n) is 1.41. The second-order valence-electron chi connectivity index (χ2n) is 3.51. The van der Waals surface area contributed by atoms with Gasteiger partial charge in [0.1, 0.15) is 10.9 Å². The van der Waals surface area contributed by atoms with Gasteiger partial charge in [-0.2, -0.15) is 0 Å². The summed E-state index contributed by atoms with van der Waals surface area (Å²) in [6.45, 7) is 1.46. The van der Waals surface area contributed by atoms with Gasteiger partial charge in [0.25, 0.3) is 0 Å². The van der Waals surface area contributed by atoms with Crippen LogP contribution in [0.25, 0.3) is 0 Å². The number of rotatable bonds is 4. The third kappa shape index (κ3) is 2.62. The molecule has 18 heavy (non-hydrogen) atoms. The minimum atomic E-state index is -1.42. The van der Waals surface area contributed by atoms with Crippen molar-refractivity contribution in [2.75, 3.05) is 0 Å². The van der Waals surface area contributed by atoms with Crippen LogP contribution >= 0.6 is 23.2 Å². The van der Waals surface area contributed by atoms with E-state index in [9.17, 15) is 18.4 Å². The largest absolute Gasteiger partial charge is 0.481 e. The number of carboxylic acids is 1. The van der Waals surface area contributed by atoms with E-state index in [0.717, 1.165) is 6.07 Å². The van der Waals surface area contributed by atoms with Crippen LogP contribution in [0.15, 0.2) is 6.07 Å². The Kier molecular flexibility index (Phi) is 4.65. The lowest BCUT2D eigenvalue weighted by molar-refractivity contribution is -0.140. The highest BCUT2D eigenvalue weighted by atomic mass is 35.5. The van der Waals surface area contributed by atoms with Crippen molar-refractivity contribution in [1.29, 1.82) is 0 Å². The van der Waals surface area contributed by atoms with E-state index in [-0.39, 0.29) is 6.42 Å². The van der Waals surface area contributed by atoms with Crippen molar-refractivity contribution in [1.82, 2.24) is 0 Å². The van der Waals surface area contributed by atoms with Crippen LogP contribution in [-0.2, 0) is 4.79 Å². The topological polar surface area (TPSA) is 54.4 Å². The molecule has 0 heterocycles. The summed E-state index contributed by atoms with van der Waals surface area (Å²) in [5, 5.41) is 7.34. The number of Topliss-reactive ketones (excluding diaryl/α,β-unsaturated/α-hetero) is 1. The summed E-state index contributed by atoms with van der Waals surface area (Å²) in [4.78, 5) is 22.6. The van der Waals surface area contributed by atoms with E-state index in [0.29, 0.717) is 0 Å². The Bertz CT molecular complexity index is 518. The normalized spacial score (nSPS) is 12.3. The molecule has 0 saturated carbocycles. The number of ketones is 1. The van der Waals surface area contributed by atoms with Crippen LogP contribution in [-0.4, -0.2) is 16.9 Å². The molecule has 0 radical (unpaired) electrons. The van der Waals surface area contributed by atoms with Crippen molar-refractivity contribution in [2.45, 2.75) is 13.3 Å². The average Bonchev–Trinajstić information content (AvgIpc) is 2.31. The van der Waals surface area contributed by atoms with E-state index < -0.39 is 44.9 Å². The van der Waals surface area contributed by atoms with Crippen LogP contribution in [0.1, 0.15) is 23.7 Å². The van der Waals surface area contributed by atoms with Gasteiger partial charge in [-0.25, -0.2) is 8.78 Å². The first-order valence-electron chi connectivity index (χ1n) is 4.91. The highest BCUT2D eigenvalue weighted by Gasteiger charge is 2.30. The van der Waals surface area contributed by atoms with Gasteiger partial charge in [0.05, 0.1) is 10.6 Å². The summed E-state index contributed by atoms with van der Waals surface area (Å²) in [5.74, 6) is -6.29. The van der Waals surface area contributed by atoms with Crippen LogP contribution in [0, 0.1) is 17.6 Å². The summed E-state index contributed by atoms with van der Waals surface area (Å²) >= 11 is 10.8. The van der Waals surface area contributed by atoms with Crippen molar-refractivity contribution in [3.8, 4) is 0 Å². The van der Waals surface area contributed by atoms with Crippen LogP contribution in [0.5, 0.6) is 0 Å². The number of carbonyl (C=O) groups is 2. The molecule has 0 aromatic heterocycles. The summed E-state index contributed by atoms with van der Waals surface area (Å²) in [7, 11) is 0. The number of halogens is 4. The first-order valence-corrected chi connectivity index (χ1v) is 5.66. The molecule has 1 N–H and O–H groups in total. The Morgan fingerprint density at radius 2 is 1.89 bits per heavy atom. The van der Waals surface area contributed by atoms with Crippen LogP contribution < -0.4 is 0 Å². The molecule has 98 valence electrons. The lowest BCUT2D eigenvalue weighted by Gasteiger charge is -2.11. The zero-order valence-corrected chi connectivity index (χ0v) is 10.6. The summed E-state index contributed by atoms with van der Waals surface area (Å²) in [6, 6.07) is 0.742. The molecule has 0 aliphatic rings. The zero-order chi connectivity index (χ0) is 14.0. The Labute approximate surface area is 111 Å². The van der Waals surface area contributed by atoms with Crippen molar-refractivity contribution in [3.05, 3.63) is 33.3 Å². The molecule has 1 rings (SSSR count). The molecule has 1 aromatic rings. The van der Waals surface area contributed by atoms with Gasteiger partial charge in [0, 0.05) is 0 Å². The summed E-state index contributed by atoms with van der Waals surface area (Å²) in [5.41, 5.74) is -0.624. The maximum Gasteiger partial charge on any atom is 0.314 e. The Morgan fingerprint density at radius 1 is 1.33 bits per heavy atom. The fraction of sp³-hybridized carbons (Fsp3) is 0.273. The fourth-order valence-corrected chi connectivity index (χ4v) is 1.87. The van der Waals surface area contributed by atoms with Gasteiger partial charge in [0.15, 0.2) is 17.4 Å². The molecule has 1 atom stereocenters. The monoisotopic (exact) mass is 296 g/mol. The Balaban J connectivity index is 3.34. The van der Waals surface area contributed by atoms with Gasteiger partial charge >= 0.3 is 5.97 Å². The molecule has 0 bridgehead atoms. The van der Waals surface area contributed by atoms with E-state index in [1.165, 1.54) is 6.92 Å². The van der Waals surface area contributed by atoms with Gasteiger partial charge in [-0.3, -0.25) is 9.59 Å². The van der Waals surface area contributed by atoms with Crippen molar-refractivity contribution < 1.29 is 23.5 Å². The minimum Gasteiger partial charge on any atom is -0.481 e. The van der Waals surface area contributed by atoms with Gasteiger partial charge in [-0.15, -0.1) is 0 Å². The van der Waals surface area contributed by atoms with Gasteiger partial charge < -0.3 is 5.11 Å². The Morgan fingerprint density at radius 3 is 2.33 bits per heavy atom. The minimum absolute atomic E-state index is 0.0276. The van der Waals surface area contributed by atoms with Crippen LogP contribution in [0.2, 0.25) is 10.0 Å². The number of benzene rings is 1. The summed E-state index contributed by atoms with van der Waals surface area (Å²) in [6.07, 6.45) is -0.0276. The quantitative estimate of drug-likeness (QED) is 0.400. The maximum absolute atomic E-state index is 13.6. The van der Waals surface area contributed by atoms with E-state index in [1.54, 1.807) is 0 Å². The van der Waals surface area contributed by atoms with Gasteiger partial charge in [-0.05, 0) is 12.5 Å². The second kappa shape index (κ2) is 5.63. The third-order valence-electron chi connectivity index (χ3n) is 2.39. The van der Waals surface area contributed by atoms with Crippen LogP contribution in [0.3, 0.4) is 0 Å². The lowest BCUT2D eigenvalue weighted by atomic mass is 9.95. The molecular weight excluding hydrogens is 289 g/mol. The molecule has 0 aliphatic heterocycles. The molecule has 3 nitrogen and oxygen atoms in total. The first kappa shape index (κ1) is 14.9. The Hall–Kier alpha value is -1.20. The van der Waals surface area contributed by atoms with Gasteiger partial charge in [0.2, 0.25) is 0 Å². The van der Waals surface area contributed by atoms with Crippen LogP contribution in [0.4, 0.5) is 8.78 Å². The highest BCUT2D eigenvalue weighted by molar-refractivity contribution is 6.35. The predicted molar refractivity (Wildman–Crippen MR) is 62.1 cm³/mol. The van der Waals surface area contributed by atoms with Crippen molar-refractivity contribution >= 4 is 35.0 Å². The van der Waals surface area contributed by atoms with E-state index in [2.05, 4.69) is 0 Å². The van der Waals surface area contributed by atoms with Crippen molar-refractivity contribution in [2.24, 2.45) is 5.92 Å². The number of hydrogen-bond acceptors (Lipinski definition) is 2. The molecule has 0 amide bonds. The lowest BCUT2D eigenvalue weighted by Crippen LogP contribution is -2.24. The predicted octanol–water partition coefficient (Wildman–Crippen LogP) is 3.57. The first-order chi connectivity index (χ1) is 8.31. The smallest absolute Gasteiger partial charge is 0.314 e. The standard InChI is InChI=1S/C11H8Cl2F2O3/c1-2-4(11(17)18)10(16)5-3-6(12)9(15)7(13)8(5)14/h3-4H,2H2,1H3,(H,17,18). The molecule has 0 aliphatic carbocycles. The molecule has 0 saturated heterocycles. The van der Waals surface area contributed by atoms with Crippen molar-refractivity contribution in [3.63, 3.8) is 0 Å². The number of carboxylic acid groups (broad SMARTS) is 1. The summed E-state index contributed by atoms with van der Waals surface area (Å²) < 4.78 is 26.8. The number of aliphatic carboxylic acids is 1. The molecule has 1 aromatic carbocycles. The second-order valence-corrected chi connectivity index (χ2v) is 4.30. The SMILES string of the molecule is CCC(C(=O)O)C(=O)c1cc(Cl)c(F)c(Cl)c1F. The highest BCUT2D eigenvalue weighted by Crippen LogP contribution is 2.30. The molecule has 7 heteroatoms. The van der Waals surface area contributed by atoms with E-state index in [1.807, 2.05) is 0 Å². The zero-order valence-electron chi connectivity index (χ0n) is 9.14.